The maximum absolute atomic E-state index is 12.2. The monoisotopic (exact) mass is 312 g/mol. The molecule has 0 radical (unpaired) electrons. The van der Waals surface area contributed by atoms with Crippen molar-refractivity contribution in [2.45, 2.75) is 19.8 Å². The van der Waals surface area contributed by atoms with Crippen molar-refractivity contribution in [2.24, 2.45) is 5.73 Å². The van der Waals surface area contributed by atoms with Crippen LogP contribution < -0.4 is 5.73 Å². The molecule has 0 aliphatic heterocycles. The molecule has 0 aliphatic carbocycles. The summed E-state index contributed by atoms with van der Waals surface area (Å²) >= 11 is 3.31. The largest absolute Gasteiger partial charge is 0.368 e. The van der Waals surface area contributed by atoms with Crippen molar-refractivity contribution < 1.29 is 9.59 Å². The molecule has 0 atom stereocenters. The van der Waals surface area contributed by atoms with E-state index in [2.05, 4.69) is 15.9 Å². The summed E-state index contributed by atoms with van der Waals surface area (Å²) in [5.74, 6) is -0.647. The molecule has 0 saturated heterocycles. The molecule has 2 amide bonds. The van der Waals surface area contributed by atoms with Crippen LogP contribution in [0.4, 0.5) is 0 Å². The zero-order valence-electron chi connectivity index (χ0n) is 10.4. The summed E-state index contributed by atoms with van der Waals surface area (Å²) in [4.78, 5) is 24.7. The van der Waals surface area contributed by atoms with E-state index >= 15 is 0 Å². The molecular weight excluding hydrogens is 296 g/mol. The van der Waals surface area contributed by atoms with Crippen molar-refractivity contribution in [1.82, 2.24) is 4.90 Å². The highest BCUT2D eigenvalue weighted by Gasteiger charge is 2.16. The topological polar surface area (TPSA) is 63.4 Å². The van der Waals surface area contributed by atoms with Gasteiger partial charge in [-0.05, 0) is 30.7 Å². The summed E-state index contributed by atoms with van der Waals surface area (Å²) < 4.78 is 0.911. The molecule has 2 N–H and O–H groups in total. The lowest BCUT2D eigenvalue weighted by Gasteiger charge is -2.21. The number of benzene rings is 1. The van der Waals surface area contributed by atoms with Crippen molar-refractivity contribution in [3.63, 3.8) is 0 Å². The third-order valence-corrected chi connectivity index (χ3v) is 3.04. The van der Waals surface area contributed by atoms with Gasteiger partial charge in [0.15, 0.2) is 0 Å². The Morgan fingerprint density at radius 2 is 1.89 bits per heavy atom. The molecule has 0 saturated carbocycles. The summed E-state index contributed by atoms with van der Waals surface area (Å²) in [6, 6.07) is 7.06. The first-order chi connectivity index (χ1) is 8.54. The molecule has 0 aromatic heterocycles. The molecule has 98 valence electrons. The average Bonchev–Trinajstić information content (AvgIpc) is 2.34. The van der Waals surface area contributed by atoms with Gasteiger partial charge in [-0.2, -0.15) is 0 Å². The zero-order chi connectivity index (χ0) is 13.5. The summed E-state index contributed by atoms with van der Waals surface area (Å²) in [7, 11) is 0. The van der Waals surface area contributed by atoms with Gasteiger partial charge in [-0.1, -0.05) is 29.3 Å². The van der Waals surface area contributed by atoms with E-state index in [9.17, 15) is 9.59 Å². The predicted molar refractivity (Wildman–Crippen MR) is 74.1 cm³/mol. The molecule has 1 aromatic carbocycles. The minimum atomic E-state index is -0.489. The molecule has 0 aliphatic rings. The number of nitrogens with zero attached hydrogens (tertiary/aromatic N) is 1. The Morgan fingerprint density at radius 1 is 1.28 bits per heavy atom. The lowest BCUT2D eigenvalue weighted by Crippen LogP contribution is -2.39. The first kappa shape index (κ1) is 14.7. The van der Waals surface area contributed by atoms with Crippen LogP contribution in [-0.2, 0) is 4.79 Å². The number of amides is 2. The van der Waals surface area contributed by atoms with Crippen LogP contribution in [-0.4, -0.2) is 29.8 Å². The van der Waals surface area contributed by atoms with E-state index < -0.39 is 5.91 Å². The van der Waals surface area contributed by atoms with Crippen LogP contribution in [0.2, 0.25) is 0 Å². The Kier molecular flexibility index (Phi) is 5.85. The summed E-state index contributed by atoms with van der Waals surface area (Å²) in [6.07, 6.45) is 1.82. The molecule has 1 rings (SSSR count). The van der Waals surface area contributed by atoms with Gasteiger partial charge < -0.3 is 10.6 Å². The zero-order valence-corrected chi connectivity index (χ0v) is 11.9. The number of hydrogen-bond donors (Lipinski definition) is 1. The van der Waals surface area contributed by atoms with Crippen LogP contribution in [0.5, 0.6) is 0 Å². The Morgan fingerprint density at radius 3 is 2.39 bits per heavy atom. The first-order valence-electron chi connectivity index (χ1n) is 5.87. The molecule has 1 aromatic rings. The smallest absolute Gasteiger partial charge is 0.254 e. The quantitative estimate of drug-likeness (QED) is 0.875. The van der Waals surface area contributed by atoms with Crippen molar-refractivity contribution in [1.29, 1.82) is 0 Å². The molecule has 4 nitrogen and oxygen atoms in total. The van der Waals surface area contributed by atoms with Crippen LogP contribution in [0.3, 0.4) is 0 Å². The number of carbonyl (C=O) groups is 2. The van der Waals surface area contributed by atoms with Gasteiger partial charge in [0.1, 0.15) is 0 Å². The highest BCUT2D eigenvalue weighted by Crippen LogP contribution is 2.12. The van der Waals surface area contributed by atoms with E-state index in [0.717, 1.165) is 17.3 Å². The van der Waals surface area contributed by atoms with E-state index in [1.54, 1.807) is 24.3 Å². The fourth-order valence-corrected chi connectivity index (χ4v) is 1.83. The lowest BCUT2D eigenvalue weighted by molar-refractivity contribution is -0.118. The molecule has 0 heterocycles. The standard InChI is InChI=1S/C13H17BrN2O2/c1-2-3-8-16(9-12(15)17)13(18)10-4-6-11(14)7-5-10/h4-7H,2-3,8-9H2,1H3,(H2,15,17). The van der Waals surface area contributed by atoms with Crippen LogP contribution in [0.1, 0.15) is 30.1 Å². The molecule has 0 unspecified atom stereocenters. The van der Waals surface area contributed by atoms with Crippen LogP contribution in [0, 0.1) is 0 Å². The SMILES string of the molecule is CCCCN(CC(N)=O)C(=O)c1ccc(Br)cc1. The second-order valence-electron chi connectivity index (χ2n) is 4.05. The normalized spacial score (nSPS) is 10.1. The van der Waals surface area contributed by atoms with Crippen molar-refractivity contribution >= 4 is 27.7 Å². The predicted octanol–water partition coefficient (Wildman–Crippen LogP) is 2.18. The Balaban J connectivity index is 2.80. The molecule has 0 fully saturated rings. The van der Waals surface area contributed by atoms with E-state index in [1.807, 2.05) is 6.92 Å². The van der Waals surface area contributed by atoms with Gasteiger partial charge in [-0.3, -0.25) is 9.59 Å². The van der Waals surface area contributed by atoms with Crippen LogP contribution in [0.25, 0.3) is 0 Å². The Bertz CT molecular complexity index is 418. The van der Waals surface area contributed by atoms with Crippen LogP contribution in [0.15, 0.2) is 28.7 Å². The summed E-state index contributed by atoms with van der Waals surface area (Å²) in [5, 5.41) is 0. The van der Waals surface area contributed by atoms with Gasteiger partial charge in [0.05, 0.1) is 6.54 Å². The van der Waals surface area contributed by atoms with E-state index in [0.29, 0.717) is 12.1 Å². The third-order valence-electron chi connectivity index (χ3n) is 2.51. The highest BCUT2D eigenvalue weighted by atomic mass is 79.9. The first-order valence-corrected chi connectivity index (χ1v) is 6.67. The van der Waals surface area contributed by atoms with E-state index in [-0.39, 0.29) is 12.5 Å². The lowest BCUT2D eigenvalue weighted by atomic mass is 10.2. The summed E-state index contributed by atoms with van der Waals surface area (Å²) in [5.41, 5.74) is 5.73. The minimum absolute atomic E-state index is 0.0328. The number of primary amides is 1. The minimum Gasteiger partial charge on any atom is -0.368 e. The van der Waals surface area contributed by atoms with Gasteiger partial charge in [-0.15, -0.1) is 0 Å². The Hall–Kier alpha value is -1.36. The maximum Gasteiger partial charge on any atom is 0.254 e. The van der Waals surface area contributed by atoms with E-state index in [1.165, 1.54) is 4.90 Å². The molecule has 5 heteroatoms. The number of carbonyl (C=O) groups excluding carboxylic acids is 2. The molecule has 0 spiro atoms. The van der Waals surface area contributed by atoms with E-state index in [4.69, 9.17) is 5.73 Å². The summed E-state index contributed by atoms with van der Waals surface area (Å²) in [6.45, 7) is 2.55. The molecule has 0 bridgehead atoms. The average molecular weight is 313 g/mol. The van der Waals surface area contributed by atoms with Crippen LogP contribution >= 0.6 is 15.9 Å². The number of nitrogens with two attached hydrogens (primary N) is 1. The molecule has 18 heavy (non-hydrogen) atoms. The number of hydrogen-bond acceptors (Lipinski definition) is 2. The van der Waals surface area contributed by atoms with Gasteiger partial charge in [0.25, 0.3) is 5.91 Å². The van der Waals surface area contributed by atoms with Gasteiger partial charge in [0.2, 0.25) is 5.91 Å². The molecular formula is C13H17BrN2O2. The second kappa shape index (κ2) is 7.16. The number of unbranched alkanes of at least 4 members (excludes halogenated alkanes) is 1. The highest BCUT2D eigenvalue weighted by molar-refractivity contribution is 9.10. The van der Waals surface area contributed by atoms with Crippen molar-refractivity contribution in [2.75, 3.05) is 13.1 Å². The number of halogens is 1. The maximum atomic E-state index is 12.2. The second-order valence-corrected chi connectivity index (χ2v) is 4.97. The van der Waals surface area contributed by atoms with Crippen molar-refractivity contribution in [3.05, 3.63) is 34.3 Å². The Labute approximate surface area is 115 Å². The fourth-order valence-electron chi connectivity index (χ4n) is 1.56. The van der Waals surface area contributed by atoms with Crippen molar-refractivity contribution in [3.8, 4) is 0 Å². The van der Waals surface area contributed by atoms with Gasteiger partial charge in [0, 0.05) is 16.6 Å². The van der Waals surface area contributed by atoms with Gasteiger partial charge in [-0.25, -0.2) is 0 Å². The number of rotatable bonds is 6. The fraction of sp³-hybridized carbons (Fsp3) is 0.385. The third kappa shape index (κ3) is 4.49. The van der Waals surface area contributed by atoms with Gasteiger partial charge >= 0.3 is 0 Å².